The van der Waals surface area contributed by atoms with Crippen molar-refractivity contribution in [1.29, 1.82) is 5.26 Å². The normalized spacial score (nSPS) is 13.9. The van der Waals surface area contributed by atoms with Crippen LogP contribution in [0.15, 0.2) is 30.0 Å². The van der Waals surface area contributed by atoms with Crippen LogP contribution in [0.25, 0.3) is 0 Å². The van der Waals surface area contributed by atoms with Crippen molar-refractivity contribution in [3.8, 4) is 17.6 Å². The van der Waals surface area contributed by atoms with Crippen molar-refractivity contribution in [3.63, 3.8) is 0 Å². The van der Waals surface area contributed by atoms with E-state index in [-0.39, 0.29) is 18.3 Å². The molecule has 1 amide bonds. The summed E-state index contributed by atoms with van der Waals surface area (Å²) in [4.78, 5) is 23.2. The molecule has 0 bridgehead atoms. The number of aliphatic carboxylic acids is 1. The van der Waals surface area contributed by atoms with E-state index in [0.29, 0.717) is 18.0 Å². The molecule has 25 heavy (non-hydrogen) atoms. The number of carboxylic acid groups (broad SMARTS) is 1. The van der Waals surface area contributed by atoms with Gasteiger partial charge in [-0.2, -0.15) is 5.26 Å². The Labute approximate surface area is 145 Å². The monoisotopic (exact) mass is 345 g/mol. The third-order valence-electron chi connectivity index (χ3n) is 3.57. The number of carbonyl (C=O) groups excluding carboxylic acids is 1. The van der Waals surface area contributed by atoms with E-state index in [2.05, 4.69) is 10.6 Å². The molecule has 0 saturated carbocycles. The highest BCUT2D eigenvalue weighted by Crippen LogP contribution is 2.32. The number of fused-ring (bicyclic) bond motifs is 1. The number of hydrogen-bond acceptors (Lipinski definition) is 6. The van der Waals surface area contributed by atoms with Gasteiger partial charge in [0, 0.05) is 12.7 Å². The lowest BCUT2D eigenvalue weighted by atomic mass is 10.0. The maximum Gasteiger partial charge on any atom is 0.326 e. The first-order chi connectivity index (χ1) is 11.9. The Morgan fingerprint density at radius 3 is 2.72 bits per heavy atom. The zero-order valence-corrected chi connectivity index (χ0v) is 13.9. The molecule has 1 aromatic rings. The summed E-state index contributed by atoms with van der Waals surface area (Å²) in [5, 5.41) is 23.4. The van der Waals surface area contributed by atoms with Crippen molar-refractivity contribution in [2.24, 2.45) is 5.92 Å². The highest BCUT2D eigenvalue weighted by atomic mass is 16.7. The molecule has 1 heterocycles. The molecule has 132 valence electrons. The minimum absolute atomic E-state index is 0.186. The fourth-order valence-electron chi connectivity index (χ4n) is 2.20. The molecule has 0 fully saturated rings. The summed E-state index contributed by atoms with van der Waals surface area (Å²) >= 11 is 0. The molecule has 0 radical (unpaired) electrons. The summed E-state index contributed by atoms with van der Waals surface area (Å²) in [5.74, 6) is -0.869. The van der Waals surface area contributed by atoms with E-state index in [1.54, 1.807) is 32.0 Å². The van der Waals surface area contributed by atoms with Crippen LogP contribution in [0.1, 0.15) is 19.4 Å². The third-order valence-corrected chi connectivity index (χ3v) is 3.57. The van der Waals surface area contributed by atoms with Gasteiger partial charge in [0.2, 0.25) is 6.79 Å². The second kappa shape index (κ2) is 8.06. The highest BCUT2D eigenvalue weighted by molar-refractivity contribution is 5.99. The lowest BCUT2D eigenvalue weighted by Crippen LogP contribution is -2.44. The Bertz CT molecular complexity index is 736. The van der Waals surface area contributed by atoms with Gasteiger partial charge in [0.15, 0.2) is 11.5 Å². The predicted molar refractivity (Wildman–Crippen MR) is 87.5 cm³/mol. The Hall–Kier alpha value is -3.21. The van der Waals surface area contributed by atoms with Gasteiger partial charge in [-0.1, -0.05) is 19.9 Å². The van der Waals surface area contributed by atoms with Crippen LogP contribution in [0.3, 0.4) is 0 Å². The van der Waals surface area contributed by atoms with Gasteiger partial charge in [-0.25, -0.2) is 4.79 Å². The molecule has 0 spiro atoms. The maximum atomic E-state index is 12.0. The van der Waals surface area contributed by atoms with E-state index in [9.17, 15) is 9.59 Å². The van der Waals surface area contributed by atoms with Crippen LogP contribution in [-0.2, 0) is 16.1 Å². The van der Waals surface area contributed by atoms with E-state index in [4.69, 9.17) is 19.8 Å². The first-order valence-corrected chi connectivity index (χ1v) is 7.68. The Balaban J connectivity index is 1.96. The van der Waals surface area contributed by atoms with Gasteiger partial charge in [0.1, 0.15) is 17.7 Å². The van der Waals surface area contributed by atoms with Gasteiger partial charge in [-0.15, -0.1) is 0 Å². The first kappa shape index (κ1) is 18.1. The van der Waals surface area contributed by atoms with Crippen molar-refractivity contribution >= 4 is 11.9 Å². The quantitative estimate of drug-likeness (QED) is 0.500. The lowest BCUT2D eigenvalue weighted by Gasteiger charge is -2.17. The maximum absolute atomic E-state index is 12.0. The average molecular weight is 345 g/mol. The Morgan fingerprint density at radius 1 is 1.36 bits per heavy atom. The van der Waals surface area contributed by atoms with Gasteiger partial charge < -0.3 is 25.2 Å². The van der Waals surface area contributed by atoms with Crippen LogP contribution >= 0.6 is 0 Å². The fourth-order valence-corrected chi connectivity index (χ4v) is 2.20. The van der Waals surface area contributed by atoms with Crippen molar-refractivity contribution in [2.45, 2.75) is 26.4 Å². The predicted octanol–water partition coefficient (Wildman–Crippen LogP) is 1.14. The molecule has 0 aliphatic carbocycles. The van der Waals surface area contributed by atoms with E-state index < -0.39 is 17.9 Å². The Morgan fingerprint density at radius 2 is 2.08 bits per heavy atom. The molecule has 8 nitrogen and oxygen atoms in total. The molecule has 1 aliphatic heterocycles. The first-order valence-electron chi connectivity index (χ1n) is 7.68. The number of benzene rings is 1. The molecule has 1 atom stereocenters. The second-order valence-corrected chi connectivity index (χ2v) is 5.77. The van der Waals surface area contributed by atoms with Gasteiger partial charge in [-0.3, -0.25) is 4.79 Å². The summed E-state index contributed by atoms with van der Waals surface area (Å²) < 4.78 is 10.5. The van der Waals surface area contributed by atoms with Gasteiger partial charge in [-0.05, 0) is 23.6 Å². The van der Waals surface area contributed by atoms with E-state index >= 15 is 0 Å². The topological polar surface area (TPSA) is 121 Å². The highest BCUT2D eigenvalue weighted by Gasteiger charge is 2.24. The van der Waals surface area contributed by atoms with Gasteiger partial charge >= 0.3 is 5.97 Å². The zero-order valence-electron chi connectivity index (χ0n) is 13.9. The standard InChI is InChI=1S/C17H19N3O5/c1-10(2)15(17(22)23)20-16(21)12(6-18)8-19-7-11-3-4-13-14(5-11)25-9-24-13/h3-5,8,10,15,19H,7,9H2,1-2H3,(H,20,21)(H,22,23)/b12-8-. The molecule has 0 saturated heterocycles. The van der Waals surface area contributed by atoms with Crippen LogP contribution in [0.4, 0.5) is 0 Å². The van der Waals surface area contributed by atoms with E-state index in [1.807, 2.05) is 6.07 Å². The summed E-state index contributed by atoms with van der Waals surface area (Å²) in [6.07, 6.45) is 1.26. The van der Waals surface area contributed by atoms with Gasteiger partial charge in [0.05, 0.1) is 0 Å². The van der Waals surface area contributed by atoms with Crippen LogP contribution in [-0.4, -0.2) is 29.8 Å². The van der Waals surface area contributed by atoms with Crippen molar-refractivity contribution in [3.05, 3.63) is 35.5 Å². The molecule has 2 rings (SSSR count). The molecular weight excluding hydrogens is 326 g/mol. The fraction of sp³-hybridized carbons (Fsp3) is 0.353. The van der Waals surface area contributed by atoms with Crippen molar-refractivity contribution in [1.82, 2.24) is 10.6 Å². The number of hydrogen-bond donors (Lipinski definition) is 3. The summed E-state index contributed by atoms with van der Waals surface area (Å²) in [6, 6.07) is 6.12. The second-order valence-electron chi connectivity index (χ2n) is 5.77. The largest absolute Gasteiger partial charge is 0.480 e. The minimum Gasteiger partial charge on any atom is -0.480 e. The van der Waals surface area contributed by atoms with Crippen LogP contribution in [0.5, 0.6) is 11.5 Å². The summed E-state index contributed by atoms with van der Waals surface area (Å²) in [5.41, 5.74) is 0.677. The molecule has 3 N–H and O–H groups in total. The summed E-state index contributed by atoms with van der Waals surface area (Å²) in [6.45, 7) is 3.90. The molecule has 1 aromatic carbocycles. The third kappa shape index (κ3) is 4.64. The number of rotatable bonds is 7. The van der Waals surface area contributed by atoms with Crippen LogP contribution in [0, 0.1) is 17.2 Å². The number of nitrogens with zero attached hydrogens (tertiary/aromatic N) is 1. The van der Waals surface area contributed by atoms with Crippen molar-refractivity contribution < 1.29 is 24.2 Å². The molecule has 8 heteroatoms. The van der Waals surface area contributed by atoms with Gasteiger partial charge in [0.25, 0.3) is 5.91 Å². The average Bonchev–Trinajstić information content (AvgIpc) is 3.03. The molecule has 0 aromatic heterocycles. The molecule has 1 unspecified atom stereocenters. The van der Waals surface area contributed by atoms with Crippen LogP contribution < -0.4 is 20.1 Å². The van der Waals surface area contributed by atoms with Crippen molar-refractivity contribution in [2.75, 3.05) is 6.79 Å². The smallest absolute Gasteiger partial charge is 0.326 e. The number of amides is 1. The van der Waals surface area contributed by atoms with Crippen LogP contribution in [0.2, 0.25) is 0 Å². The minimum atomic E-state index is -1.14. The molecular formula is C17H19N3O5. The number of nitrogens with one attached hydrogen (secondary N) is 2. The molecule has 1 aliphatic rings. The number of nitriles is 1. The lowest BCUT2D eigenvalue weighted by molar-refractivity contribution is -0.142. The number of carboxylic acids is 1. The number of ether oxygens (including phenoxy) is 2. The van der Waals surface area contributed by atoms with E-state index in [1.165, 1.54) is 6.20 Å². The summed E-state index contributed by atoms with van der Waals surface area (Å²) in [7, 11) is 0. The Kier molecular flexibility index (Phi) is 5.84. The zero-order chi connectivity index (χ0) is 18.4. The number of carbonyl (C=O) groups is 2. The van der Waals surface area contributed by atoms with E-state index in [0.717, 1.165) is 5.56 Å². The SMILES string of the molecule is CC(C)C(NC(=O)/C(C#N)=C\NCc1ccc2c(c1)OCO2)C(=O)O.